The number of benzene rings is 2. The Bertz CT molecular complexity index is 999. The first-order valence-electron chi connectivity index (χ1n) is 6.61. The monoisotopic (exact) mass is 373 g/mol. The van der Waals surface area contributed by atoms with E-state index < -0.39 is 0 Å². The molecular formula is C16H9BrClN3O. The SMILES string of the molecule is ClCc1coc(-c2cccc3nc4ccc(Br)cc4nc23)n1. The largest absolute Gasteiger partial charge is 0.444 e. The molecule has 0 atom stereocenters. The van der Waals surface area contributed by atoms with Crippen molar-refractivity contribution in [2.75, 3.05) is 0 Å². The third kappa shape index (κ3) is 2.26. The average Bonchev–Trinajstić information content (AvgIpc) is 3.01. The highest BCUT2D eigenvalue weighted by Crippen LogP contribution is 2.28. The summed E-state index contributed by atoms with van der Waals surface area (Å²) in [5.74, 6) is 0.820. The van der Waals surface area contributed by atoms with Crippen LogP contribution < -0.4 is 0 Å². The maximum atomic E-state index is 5.79. The summed E-state index contributed by atoms with van der Waals surface area (Å²) in [4.78, 5) is 13.7. The summed E-state index contributed by atoms with van der Waals surface area (Å²) >= 11 is 9.25. The molecule has 0 amide bonds. The van der Waals surface area contributed by atoms with Gasteiger partial charge in [-0.25, -0.2) is 15.0 Å². The fraction of sp³-hybridized carbons (Fsp3) is 0.0625. The van der Waals surface area contributed by atoms with E-state index in [1.807, 2.05) is 36.4 Å². The van der Waals surface area contributed by atoms with Crippen LogP contribution in [0, 0.1) is 0 Å². The zero-order chi connectivity index (χ0) is 15.1. The van der Waals surface area contributed by atoms with Gasteiger partial charge in [-0.15, -0.1) is 11.6 Å². The molecule has 0 N–H and O–H groups in total. The molecular weight excluding hydrogens is 366 g/mol. The number of hydrogen-bond donors (Lipinski definition) is 0. The van der Waals surface area contributed by atoms with Crippen LogP contribution >= 0.6 is 27.5 Å². The Morgan fingerprint density at radius 2 is 1.91 bits per heavy atom. The molecule has 0 unspecified atom stereocenters. The van der Waals surface area contributed by atoms with Crippen molar-refractivity contribution in [2.45, 2.75) is 5.88 Å². The van der Waals surface area contributed by atoms with Crippen LogP contribution in [0.4, 0.5) is 0 Å². The summed E-state index contributed by atoms with van der Waals surface area (Å²) in [6.07, 6.45) is 1.56. The number of nitrogens with zero attached hydrogens (tertiary/aromatic N) is 3. The predicted molar refractivity (Wildman–Crippen MR) is 89.8 cm³/mol. The van der Waals surface area contributed by atoms with Crippen molar-refractivity contribution < 1.29 is 4.42 Å². The van der Waals surface area contributed by atoms with Gasteiger partial charge >= 0.3 is 0 Å². The minimum absolute atomic E-state index is 0.315. The number of rotatable bonds is 2. The van der Waals surface area contributed by atoms with Crippen molar-refractivity contribution >= 4 is 49.6 Å². The molecule has 0 aliphatic heterocycles. The van der Waals surface area contributed by atoms with Crippen molar-refractivity contribution in [3.05, 3.63) is 52.8 Å². The van der Waals surface area contributed by atoms with E-state index in [9.17, 15) is 0 Å². The molecule has 0 saturated carbocycles. The predicted octanol–water partition coefficient (Wildman–Crippen LogP) is 4.94. The van der Waals surface area contributed by atoms with Gasteiger partial charge in [0.25, 0.3) is 0 Å². The number of oxazole rings is 1. The molecule has 0 bridgehead atoms. The zero-order valence-electron chi connectivity index (χ0n) is 11.3. The molecule has 0 aliphatic carbocycles. The summed E-state index contributed by atoms with van der Waals surface area (Å²) in [5, 5.41) is 0. The standard InChI is InChI=1S/C16H9BrClN3O/c17-9-4-5-12-14(6-9)21-15-11(2-1-3-13(15)20-12)16-19-10(7-18)8-22-16/h1-6,8H,7H2. The van der Waals surface area contributed by atoms with Gasteiger partial charge in [-0.1, -0.05) is 22.0 Å². The van der Waals surface area contributed by atoms with Gasteiger partial charge in [-0.05, 0) is 30.3 Å². The highest BCUT2D eigenvalue weighted by atomic mass is 79.9. The molecule has 0 fully saturated rings. The Morgan fingerprint density at radius 1 is 1.00 bits per heavy atom. The van der Waals surface area contributed by atoms with E-state index in [0.717, 1.165) is 32.1 Å². The fourth-order valence-corrected chi connectivity index (χ4v) is 2.81. The molecule has 22 heavy (non-hydrogen) atoms. The van der Waals surface area contributed by atoms with E-state index in [1.54, 1.807) is 6.26 Å². The first-order chi connectivity index (χ1) is 10.7. The van der Waals surface area contributed by atoms with Crippen LogP contribution in [-0.4, -0.2) is 15.0 Å². The summed E-state index contributed by atoms with van der Waals surface area (Å²) in [5.41, 5.74) is 4.74. The Morgan fingerprint density at radius 3 is 2.73 bits per heavy atom. The number of fused-ring (bicyclic) bond motifs is 2. The quantitative estimate of drug-likeness (QED) is 0.368. The molecule has 0 spiro atoms. The van der Waals surface area contributed by atoms with E-state index in [2.05, 4.69) is 25.9 Å². The maximum Gasteiger partial charge on any atom is 0.228 e. The van der Waals surface area contributed by atoms with Gasteiger partial charge in [0.1, 0.15) is 11.8 Å². The normalized spacial score (nSPS) is 11.4. The Kier molecular flexibility index (Phi) is 3.32. The number of aromatic nitrogens is 3. The minimum Gasteiger partial charge on any atom is -0.444 e. The molecule has 2 aromatic heterocycles. The van der Waals surface area contributed by atoms with Crippen molar-refractivity contribution in [3.63, 3.8) is 0 Å². The third-order valence-electron chi connectivity index (χ3n) is 3.34. The van der Waals surface area contributed by atoms with Crippen molar-refractivity contribution in [2.24, 2.45) is 0 Å². The first-order valence-corrected chi connectivity index (χ1v) is 7.94. The molecule has 2 heterocycles. The minimum atomic E-state index is 0.315. The van der Waals surface area contributed by atoms with Crippen molar-refractivity contribution in [1.29, 1.82) is 0 Å². The Hall–Kier alpha value is -1.98. The van der Waals surface area contributed by atoms with Crippen molar-refractivity contribution in [1.82, 2.24) is 15.0 Å². The molecule has 4 aromatic rings. The highest BCUT2D eigenvalue weighted by Gasteiger charge is 2.13. The van der Waals surface area contributed by atoms with Gasteiger partial charge < -0.3 is 4.42 Å². The third-order valence-corrected chi connectivity index (χ3v) is 4.11. The van der Waals surface area contributed by atoms with Crippen LogP contribution in [0.3, 0.4) is 0 Å². The van der Waals surface area contributed by atoms with Gasteiger partial charge in [0.15, 0.2) is 0 Å². The van der Waals surface area contributed by atoms with Gasteiger partial charge in [0, 0.05) is 4.47 Å². The summed E-state index contributed by atoms with van der Waals surface area (Å²) in [7, 11) is 0. The van der Waals surface area contributed by atoms with Gasteiger partial charge in [-0.3, -0.25) is 0 Å². The van der Waals surface area contributed by atoms with Crippen molar-refractivity contribution in [3.8, 4) is 11.5 Å². The smallest absolute Gasteiger partial charge is 0.228 e. The van der Waals surface area contributed by atoms with Gasteiger partial charge in [-0.2, -0.15) is 0 Å². The fourth-order valence-electron chi connectivity index (χ4n) is 2.33. The Labute approximate surface area is 139 Å². The lowest BCUT2D eigenvalue weighted by Gasteiger charge is -2.04. The molecule has 0 aliphatic rings. The lowest BCUT2D eigenvalue weighted by atomic mass is 10.1. The second-order valence-corrected chi connectivity index (χ2v) is 5.99. The molecule has 0 radical (unpaired) electrons. The average molecular weight is 375 g/mol. The van der Waals surface area contributed by atoms with Crippen LogP contribution in [0.15, 0.2) is 51.6 Å². The second-order valence-electron chi connectivity index (χ2n) is 4.81. The van der Waals surface area contributed by atoms with E-state index >= 15 is 0 Å². The summed E-state index contributed by atoms with van der Waals surface area (Å²) in [6, 6.07) is 11.6. The molecule has 6 heteroatoms. The second kappa shape index (κ2) is 5.34. The van der Waals surface area contributed by atoms with E-state index in [0.29, 0.717) is 17.5 Å². The van der Waals surface area contributed by atoms with Crippen LogP contribution in [-0.2, 0) is 5.88 Å². The lowest BCUT2D eigenvalue weighted by molar-refractivity contribution is 0.574. The van der Waals surface area contributed by atoms with E-state index in [4.69, 9.17) is 21.0 Å². The summed E-state index contributed by atoms with van der Waals surface area (Å²) in [6.45, 7) is 0. The number of alkyl halides is 1. The molecule has 4 rings (SSSR count). The van der Waals surface area contributed by atoms with E-state index in [1.165, 1.54) is 0 Å². The molecule has 2 aromatic carbocycles. The molecule has 4 nitrogen and oxygen atoms in total. The Balaban J connectivity index is 2.02. The lowest BCUT2D eigenvalue weighted by Crippen LogP contribution is -1.91. The maximum absolute atomic E-state index is 5.79. The number of halogens is 2. The van der Waals surface area contributed by atoms with Gasteiger partial charge in [0.2, 0.25) is 5.89 Å². The van der Waals surface area contributed by atoms with E-state index in [-0.39, 0.29) is 0 Å². The highest BCUT2D eigenvalue weighted by molar-refractivity contribution is 9.10. The molecule has 108 valence electrons. The molecule has 0 saturated heterocycles. The number of para-hydroxylation sites is 1. The zero-order valence-corrected chi connectivity index (χ0v) is 13.6. The van der Waals surface area contributed by atoms with Crippen LogP contribution in [0.5, 0.6) is 0 Å². The number of hydrogen-bond acceptors (Lipinski definition) is 4. The summed E-state index contributed by atoms with van der Waals surface area (Å²) < 4.78 is 6.48. The van der Waals surface area contributed by atoms with Crippen LogP contribution in [0.1, 0.15) is 5.69 Å². The topological polar surface area (TPSA) is 51.8 Å². The van der Waals surface area contributed by atoms with Gasteiger partial charge in [0.05, 0.1) is 33.7 Å². The first kappa shape index (κ1) is 13.7. The van der Waals surface area contributed by atoms with Crippen LogP contribution in [0.2, 0.25) is 0 Å². The van der Waals surface area contributed by atoms with Crippen LogP contribution in [0.25, 0.3) is 33.5 Å².